The highest BCUT2D eigenvalue weighted by Crippen LogP contribution is 2.26. The second-order valence-corrected chi connectivity index (χ2v) is 4.27. The standard InChI is InChI=1S/C11H12N2OS/c1-13-7-11(12-10(13)8-14)15-9-5-3-2-4-6-9/h2-7,14H,8H2,1H3. The van der Waals surface area contributed by atoms with Gasteiger partial charge in [-0.05, 0) is 12.1 Å². The minimum Gasteiger partial charge on any atom is -0.388 e. The number of aliphatic hydroxyl groups excluding tert-OH is 1. The van der Waals surface area contributed by atoms with E-state index in [2.05, 4.69) is 4.98 Å². The maximum atomic E-state index is 9.01. The van der Waals surface area contributed by atoms with Gasteiger partial charge in [0.05, 0.1) is 0 Å². The summed E-state index contributed by atoms with van der Waals surface area (Å²) in [4.78, 5) is 5.45. The first-order valence-electron chi connectivity index (χ1n) is 4.65. The third kappa shape index (κ3) is 2.40. The number of hydrogen-bond acceptors (Lipinski definition) is 3. The molecule has 0 aliphatic heterocycles. The molecule has 1 N–H and O–H groups in total. The molecule has 0 fully saturated rings. The van der Waals surface area contributed by atoms with Gasteiger partial charge in [0, 0.05) is 18.1 Å². The molecule has 3 nitrogen and oxygen atoms in total. The van der Waals surface area contributed by atoms with Crippen molar-refractivity contribution in [3.8, 4) is 0 Å². The number of aryl methyl sites for hydroxylation is 1. The highest BCUT2D eigenvalue weighted by atomic mass is 32.2. The summed E-state index contributed by atoms with van der Waals surface area (Å²) in [6.07, 6.45) is 1.92. The van der Waals surface area contributed by atoms with Crippen LogP contribution in [0, 0.1) is 0 Å². The van der Waals surface area contributed by atoms with Gasteiger partial charge in [0.1, 0.15) is 17.5 Å². The summed E-state index contributed by atoms with van der Waals surface area (Å²) in [5.74, 6) is 0.688. The SMILES string of the molecule is Cn1cc(Sc2ccccc2)nc1CO. The summed E-state index contributed by atoms with van der Waals surface area (Å²) in [6, 6.07) is 10.1. The van der Waals surface area contributed by atoms with E-state index in [1.54, 1.807) is 11.8 Å². The van der Waals surface area contributed by atoms with Crippen molar-refractivity contribution < 1.29 is 5.11 Å². The molecule has 0 unspecified atom stereocenters. The van der Waals surface area contributed by atoms with E-state index in [-0.39, 0.29) is 6.61 Å². The van der Waals surface area contributed by atoms with E-state index in [4.69, 9.17) is 5.11 Å². The van der Waals surface area contributed by atoms with Crippen LogP contribution in [0.1, 0.15) is 5.82 Å². The molecule has 1 aromatic carbocycles. The first kappa shape index (κ1) is 10.3. The zero-order valence-electron chi connectivity index (χ0n) is 8.42. The van der Waals surface area contributed by atoms with Crippen LogP contribution in [-0.2, 0) is 13.7 Å². The van der Waals surface area contributed by atoms with E-state index in [9.17, 15) is 0 Å². The van der Waals surface area contributed by atoms with Gasteiger partial charge in [0.15, 0.2) is 0 Å². The van der Waals surface area contributed by atoms with E-state index in [0.717, 1.165) is 9.92 Å². The Morgan fingerprint density at radius 2 is 2.07 bits per heavy atom. The number of hydrogen-bond donors (Lipinski definition) is 1. The van der Waals surface area contributed by atoms with E-state index in [1.165, 1.54) is 0 Å². The highest BCUT2D eigenvalue weighted by molar-refractivity contribution is 7.99. The lowest BCUT2D eigenvalue weighted by Gasteiger charge is -1.95. The van der Waals surface area contributed by atoms with E-state index in [0.29, 0.717) is 5.82 Å². The molecule has 0 aliphatic carbocycles. The summed E-state index contributed by atoms with van der Waals surface area (Å²) in [7, 11) is 1.88. The number of imidazole rings is 1. The Balaban J connectivity index is 2.18. The van der Waals surface area contributed by atoms with Crippen molar-refractivity contribution in [3.63, 3.8) is 0 Å². The summed E-state index contributed by atoms with van der Waals surface area (Å²) >= 11 is 1.59. The second-order valence-electron chi connectivity index (χ2n) is 3.18. The maximum absolute atomic E-state index is 9.01. The fourth-order valence-electron chi connectivity index (χ4n) is 1.28. The van der Waals surface area contributed by atoms with Crippen LogP contribution in [0.4, 0.5) is 0 Å². The van der Waals surface area contributed by atoms with Gasteiger partial charge in [-0.2, -0.15) is 0 Å². The molecular formula is C11H12N2OS. The zero-order valence-corrected chi connectivity index (χ0v) is 9.24. The van der Waals surface area contributed by atoms with Crippen LogP contribution in [0.25, 0.3) is 0 Å². The number of benzene rings is 1. The van der Waals surface area contributed by atoms with Gasteiger partial charge in [0.2, 0.25) is 0 Å². The topological polar surface area (TPSA) is 38.0 Å². The Morgan fingerprint density at radius 1 is 1.33 bits per heavy atom. The molecule has 1 heterocycles. The van der Waals surface area contributed by atoms with Crippen molar-refractivity contribution in [2.45, 2.75) is 16.5 Å². The molecule has 0 saturated carbocycles. The lowest BCUT2D eigenvalue weighted by Crippen LogP contribution is -1.94. The summed E-state index contributed by atoms with van der Waals surface area (Å²) in [6.45, 7) is -0.0220. The van der Waals surface area contributed by atoms with Crippen molar-refractivity contribution in [2.75, 3.05) is 0 Å². The van der Waals surface area contributed by atoms with Crippen LogP contribution in [0.5, 0.6) is 0 Å². The molecule has 0 saturated heterocycles. The number of rotatable bonds is 3. The molecule has 0 bridgehead atoms. The second kappa shape index (κ2) is 4.51. The predicted molar refractivity (Wildman–Crippen MR) is 59.7 cm³/mol. The van der Waals surface area contributed by atoms with Crippen molar-refractivity contribution in [3.05, 3.63) is 42.4 Å². The number of aliphatic hydroxyl groups is 1. The Morgan fingerprint density at radius 3 is 2.67 bits per heavy atom. The van der Waals surface area contributed by atoms with Gasteiger partial charge in [-0.3, -0.25) is 0 Å². The molecule has 0 amide bonds. The highest BCUT2D eigenvalue weighted by Gasteiger charge is 2.04. The normalized spacial score (nSPS) is 10.5. The summed E-state index contributed by atoms with van der Waals surface area (Å²) in [5, 5.41) is 9.92. The van der Waals surface area contributed by atoms with Gasteiger partial charge >= 0.3 is 0 Å². The minimum absolute atomic E-state index is 0.0220. The lowest BCUT2D eigenvalue weighted by atomic mass is 10.4. The zero-order chi connectivity index (χ0) is 10.7. The van der Waals surface area contributed by atoms with Crippen LogP contribution in [0.3, 0.4) is 0 Å². The third-order valence-electron chi connectivity index (χ3n) is 2.06. The smallest absolute Gasteiger partial charge is 0.135 e. The minimum atomic E-state index is -0.0220. The fourth-order valence-corrected chi connectivity index (χ4v) is 2.18. The van der Waals surface area contributed by atoms with Crippen LogP contribution in [0.2, 0.25) is 0 Å². The molecule has 0 radical (unpaired) electrons. The fraction of sp³-hybridized carbons (Fsp3) is 0.182. The Bertz CT molecular complexity index is 439. The van der Waals surface area contributed by atoms with Gasteiger partial charge in [-0.25, -0.2) is 4.98 Å². The molecule has 1 aromatic heterocycles. The molecule has 78 valence electrons. The monoisotopic (exact) mass is 220 g/mol. The molecule has 15 heavy (non-hydrogen) atoms. The molecule has 4 heteroatoms. The van der Waals surface area contributed by atoms with Gasteiger partial charge in [-0.15, -0.1) is 0 Å². The Labute approximate surface area is 92.8 Å². The van der Waals surface area contributed by atoms with Crippen molar-refractivity contribution in [1.29, 1.82) is 0 Å². The maximum Gasteiger partial charge on any atom is 0.135 e. The van der Waals surface area contributed by atoms with Crippen LogP contribution >= 0.6 is 11.8 Å². The van der Waals surface area contributed by atoms with Crippen molar-refractivity contribution in [2.24, 2.45) is 7.05 Å². The van der Waals surface area contributed by atoms with Gasteiger partial charge in [0.25, 0.3) is 0 Å². The van der Waals surface area contributed by atoms with E-state index < -0.39 is 0 Å². The quantitative estimate of drug-likeness (QED) is 0.860. The van der Waals surface area contributed by atoms with Crippen LogP contribution in [-0.4, -0.2) is 14.7 Å². The van der Waals surface area contributed by atoms with E-state index in [1.807, 2.05) is 48.1 Å². The molecule has 2 aromatic rings. The third-order valence-corrected chi connectivity index (χ3v) is 2.97. The predicted octanol–water partition coefficient (Wildman–Crippen LogP) is 2.06. The van der Waals surface area contributed by atoms with Gasteiger partial charge in [-0.1, -0.05) is 30.0 Å². The van der Waals surface area contributed by atoms with Gasteiger partial charge < -0.3 is 9.67 Å². The van der Waals surface area contributed by atoms with E-state index >= 15 is 0 Å². The summed E-state index contributed by atoms with van der Waals surface area (Å²) in [5.41, 5.74) is 0. The number of nitrogens with zero attached hydrogens (tertiary/aromatic N) is 2. The number of aromatic nitrogens is 2. The largest absolute Gasteiger partial charge is 0.388 e. The lowest BCUT2D eigenvalue weighted by molar-refractivity contribution is 0.267. The average Bonchev–Trinajstić information content (AvgIpc) is 2.60. The molecule has 0 spiro atoms. The summed E-state index contributed by atoms with van der Waals surface area (Å²) < 4.78 is 1.84. The van der Waals surface area contributed by atoms with Crippen LogP contribution < -0.4 is 0 Å². The van der Waals surface area contributed by atoms with Crippen molar-refractivity contribution >= 4 is 11.8 Å². The average molecular weight is 220 g/mol. The molecule has 0 aliphatic rings. The molecular weight excluding hydrogens is 208 g/mol. The first-order chi connectivity index (χ1) is 7.29. The Hall–Kier alpha value is -1.26. The molecule has 2 rings (SSSR count). The first-order valence-corrected chi connectivity index (χ1v) is 5.47. The Kier molecular flexibility index (Phi) is 3.08. The van der Waals surface area contributed by atoms with Crippen LogP contribution in [0.15, 0.2) is 46.5 Å². The van der Waals surface area contributed by atoms with Crippen molar-refractivity contribution in [1.82, 2.24) is 9.55 Å². The molecule has 0 atom stereocenters.